The Morgan fingerprint density at radius 1 is 1.25 bits per heavy atom. The molecule has 0 saturated carbocycles. The maximum absolute atomic E-state index is 12.9. The number of nitrogens with zero attached hydrogens (tertiary/aromatic N) is 2. The van der Waals surface area contributed by atoms with E-state index in [0.717, 1.165) is 5.56 Å². The van der Waals surface area contributed by atoms with Crippen molar-refractivity contribution in [2.45, 2.75) is 13.3 Å². The van der Waals surface area contributed by atoms with Gasteiger partial charge in [-0.05, 0) is 36.2 Å². The Kier molecular flexibility index (Phi) is 4.55. The lowest BCUT2D eigenvalue weighted by Crippen LogP contribution is -2.20. The molecule has 0 unspecified atom stereocenters. The Hall–Kier alpha value is -2.56. The van der Waals surface area contributed by atoms with Crippen molar-refractivity contribution in [1.29, 1.82) is 0 Å². The molecule has 0 aliphatic carbocycles. The van der Waals surface area contributed by atoms with Crippen LogP contribution in [-0.4, -0.2) is 16.6 Å². The SMILES string of the molecule is CCC(=NNC(=O)c1cccnc1)c1ccc(F)cc1. The first-order valence-electron chi connectivity index (χ1n) is 6.23. The molecule has 1 N–H and O–H groups in total. The lowest BCUT2D eigenvalue weighted by molar-refractivity contribution is 0.0954. The summed E-state index contributed by atoms with van der Waals surface area (Å²) < 4.78 is 12.9. The fourth-order valence-electron chi connectivity index (χ4n) is 1.67. The minimum Gasteiger partial charge on any atom is -0.267 e. The van der Waals surface area contributed by atoms with Crippen molar-refractivity contribution < 1.29 is 9.18 Å². The van der Waals surface area contributed by atoms with Gasteiger partial charge in [-0.15, -0.1) is 0 Å². The summed E-state index contributed by atoms with van der Waals surface area (Å²) in [6.07, 6.45) is 3.68. The van der Waals surface area contributed by atoms with E-state index in [1.807, 2.05) is 6.92 Å². The predicted octanol–water partition coefficient (Wildman–Crippen LogP) is 2.76. The van der Waals surface area contributed by atoms with Crippen LogP contribution in [0.5, 0.6) is 0 Å². The maximum atomic E-state index is 12.9. The number of aromatic nitrogens is 1. The van der Waals surface area contributed by atoms with E-state index in [0.29, 0.717) is 17.7 Å². The van der Waals surface area contributed by atoms with Crippen molar-refractivity contribution in [2.75, 3.05) is 0 Å². The molecule has 2 rings (SSSR count). The molecule has 0 atom stereocenters. The van der Waals surface area contributed by atoms with Crippen molar-refractivity contribution in [3.8, 4) is 0 Å². The number of rotatable bonds is 4. The Labute approximate surface area is 116 Å². The van der Waals surface area contributed by atoms with Crippen molar-refractivity contribution in [3.63, 3.8) is 0 Å². The molecule has 0 saturated heterocycles. The third-order valence-corrected chi connectivity index (χ3v) is 2.73. The van der Waals surface area contributed by atoms with Gasteiger partial charge in [0.15, 0.2) is 0 Å². The van der Waals surface area contributed by atoms with E-state index < -0.39 is 0 Å². The quantitative estimate of drug-likeness (QED) is 0.686. The number of halogens is 1. The Morgan fingerprint density at radius 2 is 2.00 bits per heavy atom. The molecule has 20 heavy (non-hydrogen) atoms. The first-order chi connectivity index (χ1) is 9.70. The zero-order valence-corrected chi connectivity index (χ0v) is 11.0. The van der Waals surface area contributed by atoms with E-state index in [2.05, 4.69) is 15.5 Å². The van der Waals surface area contributed by atoms with Crippen molar-refractivity contribution >= 4 is 11.6 Å². The van der Waals surface area contributed by atoms with Crippen LogP contribution >= 0.6 is 0 Å². The summed E-state index contributed by atoms with van der Waals surface area (Å²) in [5, 5.41) is 4.09. The predicted molar refractivity (Wildman–Crippen MR) is 74.9 cm³/mol. The number of nitrogens with one attached hydrogen (secondary N) is 1. The summed E-state index contributed by atoms with van der Waals surface area (Å²) in [7, 11) is 0. The molecular formula is C15H14FN3O. The second kappa shape index (κ2) is 6.56. The third-order valence-electron chi connectivity index (χ3n) is 2.73. The van der Waals surface area contributed by atoms with Gasteiger partial charge in [0.2, 0.25) is 0 Å². The number of amides is 1. The van der Waals surface area contributed by atoms with E-state index in [-0.39, 0.29) is 11.7 Å². The number of hydrogen-bond acceptors (Lipinski definition) is 3. The van der Waals surface area contributed by atoms with Crippen molar-refractivity contribution in [1.82, 2.24) is 10.4 Å². The number of pyridine rings is 1. The average molecular weight is 271 g/mol. The monoisotopic (exact) mass is 271 g/mol. The lowest BCUT2D eigenvalue weighted by Gasteiger charge is -2.05. The van der Waals surface area contributed by atoms with Crippen LogP contribution in [0.2, 0.25) is 0 Å². The van der Waals surface area contributed by atoms with Crippen LogP contribution in [0.15, 0.2) is 53.9 Å². The van der Waals surface area contributed by atoms with Crippen LogP contribution in [0.25, 0.3) is 0 Å². The molecule has 102 valence electrons. The van der Waals surface area contributed by atoms with E-state index in [9.17, 15) is 9.18 Å². The van der Waals surface area contributed by atoms with Gasteiger partial charge < -0.3 is 0 Å². The molecule has 0 radical (unpaired) electrons. The molecule has 1 aromatic carbocycles. The second-order valence-corrected chi connectivity index (χ2v) is 4.10. The van der Waals surface area contributed by atoms with Gasteiger partial charge in [-0.2, -0.15) is 5.10 Å². The summed E-state index contributed by atoms with van der Waals surface area (Å²) in [6.45, 7) is 1.92. The molecule has 0 aliphatic rings. The van der Waals surface area contributed by atoms with Gasteiger partial charge in [0.25, 0.3) is 5.91 Å². The molecule has 5 heteroatoms. The summed E-state index contributed by atoms with van der Waals surface area (Å²) in [6, 6.07) is 9.33. The molecule has 2 aromatic rings. The maximum Gasteiger partial charge on any atom is 0.272 e. The molecule has 4 nitrogen and oxygen atoms in total. The molecule has 0 spiro atoms. The van der Waals surface area contributed by atoms with Crippen LogP contribution in [-0.2, 0) is 0 Å². The smallest absolute Gasteiger partial charge is 0.267 e. The van der Waals surface area contributed by atoms with Crippen LogP contribution < -0.4 is 5.43 Å². The highest BCUT2D eigenvalue weighted by Crippen LogP contribution is 2.06. The highest BCUT2D eigenvalue weighted by molar-refractivity contribution is 6.02. The number of hydrazone groups is 1. The van der Waals surface area contributed by atoms with Gasteiger partial charge in [0.1, 0.15) is 5.82 Å². The van der Waals surface area contributed by atoms with Crippen LogP contribution in [0.1, 0.15) is 29.3 Å². The average Bonchev–Trinajstić information content (AvgIpc) is 2.50. The van der Waals surface area contributed by atoms with Crippen LogP contribution in [0.3, 0.4) is 0 Å². The first-order valence-corrected chi connectivity index (χ1v) is 6.23. The van der Waals surface area contributed by atoms with Gasteiger partial charge in [-0.3, -0.25) is 9.78 Å². The topological polar surface area (TPSA) is 54.4 Å². The van der Waals surface area contributed by atoms with E-state index in [1.54, 1.807) is 30.5 Å². The van der Waals surface area contributed by atoms with Gasteiger partial charge in [-0.1, -0.05) is 19.1 Å². The molecule has 1 amide bonds. The Balaban J connectivity index is 2.12. The third kappa shape index (κ3) is 3.47. The normalized spacial score (nSPS) is 11.2. The highest BCUT2D eigenvalue weighted by Gasteiger charge is 2.06. The number of carbonyl (C=O) groups excluding carboxylic acids is 1. The van der Waals surface area contributed by atoms with Gasteiger partial charge in [-0.25, -0.2) is 9.82 Å². The standard InChI is InChI=1S/C15H14FN3O/c1-2-14(11-5-7-13(16)8-6-11)18-19-15(20)12-4-3-9-17-10-12/h3-10H,2H2,1H3,(H,19,20). The fraction of sp³-hybridized carbons (Fsp3) is 0.133. The fourth-order valence-corrected chi connectivity index (χ4v) is 1.67. The van der Waals surface area contributed by atoms with Crippen molar-refractivity contribution in [2.24, 2.45) is 5.10 Å². The van der Waals surface area contributed by atoms with E-state index in [4.69, 9.17) is 0 Å². The number of hydrogen-bond donors (Lipinski definition) is 1. The van der Waals surface area contributed by atoms with Crippen LogP contribution in [0, 0.1) is 5.82 Å². The summed E-state index contributed by atoms with van der Waals surface area (Å²) in [5.74, 6) is -0.630. The molecule has 0 aliphatic heterocycles. The minimum atomic E-state index is -0.328. The number of carbonyl (C=O) groups is 1. The lowest BCUT2D eigenvalue weighted by atomic mass is 10.1. The summed E-state index contributed by atoms with van der Waals surface area (Å²) in [5.41, 5.74) is 4.38. The number of benzene rings is 1. The van der Waals surface area contributed by atoms with Gasteiger partial charge in [0.05, 0.1) is 11.3 Å². The van der Waals surface area contributed by atoms with Gasteiger partial charge >= 0.3 is 0 Å². The van der Waals surface area contributed by atoms with Gasteiger partial charge in [0, 0.05) is 12.4 Å². The summed E-state index contributed by atoms with van der Waals surface area (Å²) in [4.78, 5) is 15.7. The molecule has 1 heterocycles. The largest absolute Gasteiger partial charge is 0.272 e. The minimum absolute atomic E-state index is 0.302. The first kappa shape index (κ1) is 13.9. The van der Waals surface area contributed by atoms with E-state index in [1.165, 1.54) is 18.3 Å². The molecule has 1 aromatic heterocycles. The highest BCUT2D eigenvalue weighted by atomic mass is 19.1. The molecule has 0 fully saturated rings. The van der Waals surface area contributed by atoms with E-state index >= 15 is 0 Å². The van der Waals surface area contributed by atoms with Crippen LogP contribution in [0.4, 0.5) is 4.39 Å². The zero-order chi connectivity index (χ0) is 14.4. The Bertz CT molecular complexity index is 609. The second-order valence-electron chi connectivity index (χ2n) is 4.10. The molecule has 0 bridgehead atoms. The van der Waals surface area contributed by atoms with Crippen molar-refractivity contribution in [3.05, 3.63) is 65.7 Å². The molecular weight excluding hydrogens is 257 g/mol. The zero-order valence-electron chi connectivity index (χ0n) is 11.0. The Morgan fingerprint density at radius 3 is 2.60 bits per heavy atom. The summed E-state index contributed by atoms with van der Waals surface area (Å²) >= 11 is 0.